The van der Waals surface area contributed by atoms with Crippen molar-refractivity contribution in [2.75, 3.05) is 12.9 Å². The van der Waals surface area contributed by atoms with Gasteiger partial charge in [-0.05, 0) is 36.6 Å². The first kappa shape index (κ1) is 15.0. The van der Waals surface area contributed by atoms with Crippen molar-refractivity contribution in [3.8, 4) is 5.75 Å². The minimum atomic E-state index is -3.17. The average Bonchev–Trinajstić information content (AvgIpc) is 2.25. The molecule has 4 nitrogen and oxygen atoms in total. The summed E-state index contributed by atoms with van der Waals surface area (Å²) in [5, 5.41) is 9.64. The summed E-state index contributed by atoms with van der Waals surface area (Å²) in [6.45, 7) is 4.28. The Kier molecular flexibility index (Phi) is 5.16. The van der Waals surface area contributed by atoms with E-state index in [-0.39, 0.29) is 11.5 Å². The predicted octanol–water partition coefficient (Wildman–Crippen LogP) is 1.88. The second-order valence-electron chi connectivity index (χ2n) is 4.84. The van der Waals surface area contributed by atoms with Gasteiger partial charge in [0.15, 0.2) is 9.84 Å². The van der Waals surface area contributed by atoms with Gasteiger partial charge in [-0.3, -0.25) is 0 Å². The lowest BCUT2D eigenvalue weighted by molar-refractivity contribution is 0.0892. The Morgan fingerprint density at radius 3 is 2.22 bits per heavy atom. The summed E-state index contributed by atoms with van der Waals surface area (Å²) < 4.78 is 27.9. The SMILES string of the molecule is CC(C)C[C@H](O)COc1ccc(S(C)(=O)=O)cc1. The van der Waals surface area contributed by atoms with E-state index >= 15 is 0 Å². The van der Waals surface area contributed by atoms with Gasteiger partial charge in [0.05, 0.1) is 11.0 Å². The number of aliphatic hydroxyl groups is 1. The molecule has 0 radical (unpaired) electrons. The van der Waals surface area contributed by atoms with Crippen molar-refractivity contribution < 1.29 is 18.3 Å². The molecule has 0 saturated carbocycles. The fraction of sp³-hybridized carbons (Fsp3) is 0.538. The highest BCUT2D eigenvalue weighted by Gasteiger charge is 2.09. The summed E-state index contributed by atoms with van der Waals surface area (Å²) in [6.07, 6.45) is 1.34. The van der Waals surface area contributed by atoms with E-state index in [4.69, 9.17) is 4.74 Å². The molecule has 0 amide bonds. The highest BCUT2D eigenvalue weighted by atomic mass is 32.2. The summed E-state index contributed by atoms with van der Waals surface area (Å²) >= 11 is 0. The van der Waals surface area contributed by atoms with Crippen LogP contribution in [0.2, 0.25) is 0 Å². The van der Waals surface area contributed by atoms with Gasteiger partial charge in [-0.1, -0.05) is 13.8 Å². The first-order valence-electron chi connectivity index (χ1n) is 5.90. The number of aliphatic hydroxyl groups excluding tert-OH is 1. The molecule has 0 aliphatic carbocycles. The number of rotatable bonds is 6. The van der Waals surface area contributed by atoms with Crippen LogP contribution in [0.1, 0.15) is 20.3 Å². The molecule has 0 spiro atoms. The van der Waals surface area contributed by atoms with E-state index in [1.165, 1.54) is 12.1 Å². The third-order valence-corrected chi connectivity index (χ3v) is 3.57. The maximum absolute atomic E-state index is 11.3. The van der Waals surface area contributed by atoms with Gasteiger partial charge in [0.25, 0.3) is 0 Å². The van der Waals surface area contributed by atoms with Crippen LogP contribution in [0.15, 0.2) is 29.2 Å². The summed E-state index contributed by atoms with van der Waals surface area (Å²) in [5.74, 6) is 0.974. The van der Waals surface area contributed by atoms with E-state index in [1.54, 1.807) is 12.1 Å². The largest absolute Gasteiger partial charge is 0.491 e. The van der Waals surface area contributed by atoms with Crippen LogP contribution >= 0.6 is 0 Å². The average molecular weight is 272 g/mol. The van der Waals surface area contributed by atoms with E-state index in [9.17, 15) is 13.5 Å². The molecule has 1 N–H and O–H groups in total. The lowest BCUT2D eigenvalue weighted by atomic mass is 10.1. The van der Waals surface area contributed by atoms with Crippen molar-refractivity contribution in [2.24, 2.45) is 5.92 Å². The molecule has 5 heteroatoms. The minimum absolute atomic E-state index is 0.219. The topological polar surface area (TPSA) is 63.6 Å². The van der Waals surface area contributed by atoms with Crippen LogP contribution < -0.4 is 4.74 Å². The molecule has 102 valence electrons. The Morgan fingerprint density at radius 2 is 1.78 bits per heavy atom. The zero-order valence-electron chi connectivity index (χ0n) is 11.0. The number of benzene rings is 1. The predicted molar refractivity (Wildman–Crippen MR) is 70.5 cm³/mol. The van der Waals surface area contributed by atoms with Gasteiger partial charge in [-0.25, -0.2) is 8.42 Å². The van der Waals surface area contributed by atoms with E-state index in [2.05, 4.69) is 0 Å². The number of ether oxygens (including phenoxy) is 1. The Bertz CT molecular complexity index is 462. The molecule has 0 aliphatic heterocycles. The normalized spacial score (nSPS) is 13.6. The molecule has 1 aromatic rings. The smallest absolute Gasteiger partial charge is 0.175 e. The minimum Gasteiger partial charge on any atom is -0.491 e. The molecule has 0 fully saturated rings. The summed E-state index contributed by atoms with van der Waals surface area (Å²) in [5.41, 5.74) is 0. The second-order valence-corrected chi connectivity index (χ2v) is 6.85. The maximum Gasteiger partial charge on any atom is 0.175 e. The van der Waals surface area contributed by atoms with Crippen LogP contribution in [0.25, 0.3) is 0 Å². The quantitative estimate of drug-likeness (QED) is 0.858. The van der Waals surface area contributed by atoms with Gasteiger partial charge in [0.2, 0.25) is 0 Å². The van der Waals surface area contributed by atoms with E-state index in [0.717, 1.165) is 6.26 Å². The summed E-state index contributed by atoms with van der Waals surface area (Å²) in [6, 6.07) is 6.19. The van der Waals surface area contributed by atoms with Crippen LogP contribution in [0.3, 0.4) is 0 Å². The molecule has 18 heavy (non-hydrogen) atoms. The Morgan fingerprint density at radius 1 is 1.22 bits per heavy atom. The van der Waals surface area contributed by atoms with Crippen LogP contribution in [0.4, 0.5) is 0 Å². The van der Waals surface area contributed by atoms with Gasteiger partial charge in [0.1, 0.15) is 12.4 Å². The third kappa shape index (κ3) is 5.06. The Hall–Kier alpha value is -1.07. The second kappa shape index (κ2) is 6.20. The van der Waals surface area contributed by atoms with Crippen molar-refractivity contribution in [3.05, 3.63) is 24.3 Å². The fourth-order valence-corrected chi connectivity index (χ4v) is 2.22. The van der Waals surface area contributed by atoms with E-state index in [1.807, 2.05) is 13.8 Å². The van der Waals surface area contributed by atoms with Crippen molar-refractivity contribution in [1.29, 1.82) is 0 Å². The molecule has 1 atom stereocenters. The summed E-state index contributed by atoms with van der Waals surface area (Å²) in [7, 11) is -3.17. The maximum atomic E-state index is 11.3. The standard InChI is InChI=1S/C13H20O4S/c1-10(2)8-11(14)9-17-12-4-6-13(7-5-12)18(3,15)16/h4-7,10-11,14H,8-9H2,1-3H3/t11-/m0/s1. The first-order chi connectivity index (χ1) is 8.29. The highest BCUT2D eigenvalue weighted by Crippen LogP contribution is 2.16. The zero-order chi connectivity index (χ0) is 13.8. The van der Waals surface area contributed by atoms with Crippen LogP contribution in [0, 0.1) is 5.92 Å². The molecule has 0 saturated heterocycles. The van der Waals surface area contributed by atoms with Crippen molar-refractivity contribution in [2.45, 2.75) is 31.3 Å². The molecule has 0 aromatic heterocycles. The number of hydrogen-bond donors (Lipinski definition) is 1. The zero-order valence-corrected chi connectivity index (χ0v) is 11.8. The molecule has 1 aromatic carbocycles. The molecule has 1 rings (SSSR count). The van der Waals surface area contributed by atoms with Gasteiger partial charge in [-0.15, -0.1) is 0 Å². The highest BCUT2D eigenvalue weighted by molar-refractivity contribution is 7.90. The number of hydrogen-bond acceptors (Lipinski definition) is 4. The lowest BCUT2D eigenvalue weighted by Crippen LogP contribution is -2.19. The van der Waals surface area contributed by atoms with Gasteiger partial charge in [0, 0.05) is 6.26 Å². The molecule has 0 bridgehead atoms. The van der Waals surface area contributed by atoms with Crippen LogP contribution in [-0.4, -0.2) is 32.5 Å². The van der Waals surface area contributed by atoms with Crippen molar-refractivity contribution >= 4 is 9.84 Å². The Labute approximate surface area is 109 Å². The molecule has 0 aliphatic rings. The summed E-state index contributed by atoms with van der Waals surface area (Å²) in [4.78, 5) is 0.262. The van der Waals surface area contributed by atoms with Gasteiger partial charge >= 0.3 is 0 Å². The molecular formula is C13H20O4S. The van der Waals surface area contributed by atoms with E-state index < -0.39 is 15.9 Å². The van der Waals surface area contributed by atoms with Gasteiger partial charge in [-0.2, -0.15) is 0 Å². The Balaban J connectivity index is 2.55. The van der Waals surface area contributed by atoms with E-state index in [0.29, 0.717) is 18.1 Å². The van der Waals surface area contributed by atoms with Crippen LogP contribution in [-0.2, 0) is 9.84 Å². The molecular weight excluding hydrogens is 252 g/mol. The van der Waals surface area contributed by atoms with Crippen molar-refractivity contribution in [3.63, 3.8) is 0 Å². The molecule has 0 unspecified atom stereocenters. The molecule has 0 heterocycles. The fourth-order valence-electron chi connectivity index (χ4n) is 1.59. The monoisotopic (exact) mass is 272 g/mol. The van der Waals surface area contributed by atoms with Gasteiger partial charge < -0.3 is 9.84 Å². The number of sulfone groups is 1. The van der Waals surface area contributed by atoms with Crippen LogP contribution in [0.5, 0.6) is 5.75 Å². The third-order valence-electron chi connectivity index (χ3n) is 2.44. The lowest BCUT2D eigenvalue weighted by Gasteiger charge is -2.14. The first-order valence-corrected chi connectivity index (χ1v) is 7.79. The van der Waals surface area contributed by atoms with Crippen molar-refractivity contribution in [1.82, 2.24) is 0 Å².